The van der Waals surface area contributed by atoms with Crippen molar-refractivity contribution >= 4 is 17.7 Å². The van der Waals surface area contributed by atoms with Crippen LogP contribution in [-0.2, 0) is 4.79 Å². The van der Waals surface area contributed by atoms with E-state index in [1.54, 1.807) is 12.1 Å². The number of aryl methyl sites for hydroxylation is 1. The first-order valence-corrected chi connectivity index (χ1v) is 11.6. The highest BCUT2D eigenvalue weighted by Gasteiger charge is 2.17. The maximum absolute atomic E-state index is 14.5. The van der Waals surface area contributed by atoms with Crippen LogP contribution < -0.4 is 0 Å². The zero-order valence-electron chi connectivity index (χ0n) is 20.9. The van der Waals surface area contributed by atoms with Gasteiger partial charge in [0.1, 0.15) is 11.6 Å². The van der Waals surface area contributed by atoms with E-state index in [0.717, 1.165) is 36.9 Å². The summed E-state index contributed by atoms with van der Waals surface area (Å²) in [5, 5.41) is 0. The fourth-order valence-electron chi connectivity index (χ4n) is 3.41. The molecule has 0 spiro atoms. The molecular formula is C27H40FN3O. The van der Waals surface area contributed by atoms with Crippen molar-refractivity contribution in [3.05, 3.63) is 65.4 Å². The van der Waals surface area contributed by atoms with E-state index in [4.69, 9.17) is 0 Å². The highest BCUT2D eigenvalue weighted by Crippen LogP contribution is 2.23. The Morgan fingerprint density at radius 3 is 2.50 bits per heavy atom. The van der Waals surface area contributed by atoms with Crippen LogP contribution in [0.2, 0.25) is 0 Å². The molecule has 0 N–H and O–H groups in total. The molecule has 0 heterocycles. The first kappa shape index (κ1) is 27.3. The van der Waals surface area contributed by atoms with Gasteiger partial charge in [-0.15, -0.1) is 0 Å². The van der Waals surface area contributed by atoms with Crippen molar-refractivity contribution in [1.82, 2.24) is 9.80 Å². The molecule has 1 amide bonds. The number of rotatable bonds is 12. The highest BCUT2D eigenvalue weighted by atomic mass is 19.1. The molecule has 1 rings (SSSR count). The number of unbranched alkanes of at least 4 members (excludes halogenated alkanes) is 1. The van der Waals surface area contributed by atoms with Gasteiger partial charge in [0, 0.05) is 30.9 Å². The summed E-state index contributed by atoms with van der Waals surface area (Å²) in [6.45, 7) is 16.9. The molecule has 0 bridgehead atoms. The van der Waals surface area contributed by atoms with Gasteiger partial charge in [0.2, 0.25) is 0 Å². The maximum atomic E-state index is 14.5. The van der Waals surface area contributed by atoms with Crippen LogP contribution in [-0.4, -0.2) is 41.6 Å². The molecule has 176 valence electrons. The molecule has 0 saturated heterocycles. The summed E-state index contributed by atoms with van der Waals surface area (Å²) in [5.74, 6) is 0.105. The molecule has 1 aromatic rings. The second-order valence-corrected chi connectivity index (χ2v) is 8.10. The van der Waals surface area contributed by atoms with Crippen LogP contribution in [0.15, 0.2) is 53.4 Å². The van der Waals surface area contributed by atoms with Crippen LogP contribution in [0.5, 0.6) is 0 Å². The molecule has 0 radical (unpaired) electrons. The van der Waals surface area contributed by atoms with Gasteiger partial charge in [-0.25, -0.2) is 9.38 Å². The molecule has 0 aliphatic heterocycles. The predicted molar refractivity (Wildman–Crippen MR) is 135 cm³/mol. The quantitative estimate of drug-likeness (QED) is 0.266. The van der Waals surface area contributed by atoms with Crippen molar-refractivity contribution in [3.8, 4) is 0 Å². The number of hydrogen-bond acceptors (Lipinski definition) is 3. The van der Waals surface area contributed by atoms with Gasteiger partial charge in [0.05, 0.1) is 6.21 Å². The number of aliphatic imine (C=N–C) groups is 1. The number of carbonyl (C=O) groups excluding carboxylic acids is 1. The van der Waals surface area contributed by atoms with Gasteiger partial charge in [-0.2, -0.15) is 0 Å². The Bertz CT molecular complexity index is 870. The summed E-state index contributed by atoms with van der Waals surface area (Å²) in [6, 6.07) is 5.21. The van der Waals surface area contributed by atoms with E-state index in [-0.39, 0.29) is 17.8 Å². The molecule has 5 heteroatoms. The maximum Gasteiger partial charge on any atom is 0.265 e. The lowest BCUT2D eigenvalue weighted by Crippen LogP contribution is -2.39. The van der Waals surface area contributed by atoms with Gasteiger partial charge in [0.15, 0.2) is 0 Å². The van der Waals surface area contributed by atoms with Crippen LogP contribution in [0.25, 0.3) is 5.57 Å². The van der Waals surface area contributed by atoms with Crippen LogP contribution in [0.1, 0.15) is 71.4 Å². The lowest BCUT2D eigenvalue weighted by atomic mass is 10.0. The van der Waals surface area contributed by atoms with E-state index >= 15 is 0 Å². The Hall–Kier alpha value is -2.69. The average Bonchev–Trinajstić information content (AvgIpc) is 2.76. The minimum absolute atomic E-state index is 0.113. The first-order chi connectivity index (χ1) is 15.2. The van der Waals surface area contributed by atoms with Crippen LogP contribution in [0.4, 0.5) is 4.39 Å². The Labute approximate surface area is 194 Å². The van der Waals surface area contributed by atoms with Gasteiger partial charge in [0.25, 0.3) is 5.91 Å². The molecule has 0 aliphatic rings. The molecule has 0 saturated carbocycles. The number of amides is 1. The second-order valence-electron chi connectivity index (χ2n) is 8.10. The van der Waals surface area contributed by atoms with E-state index in [1.807, 2.05) is 42.8 Å². The normalized spacial score (nSPS) is 13.4. The summed E-state index contributed by atoms with van der Waals surface area (Å²) in [5.41, 5.74) is 2.82. The van der Waals surface area contributed by atoms with Crippen molar-refractivity contribution in [1.29, 1.82) is 0 Å². The number of carbonyl (C=O) groups is 1. The van der Waals surface area contributed by atoms with E-state index in [0.29, 0.717) is 23.5 Å². The fraction of sp³-hybridized carbons (Fsp3) is 0.481. The van der Waals surface area contributed by atoms with Crippen molar-refractivity contribution in [2.75, 3.05) is 13.6 Å². The van der Waals surface area contributed by atoms with Crippen molar-refractivity contribution in [2.24, 2.45) is 4.99 Å². The van der Waals surface area contributed by atoms with Crippen LogP contribution >= 0.6 is 0 Å². The average molecular weight is 442 g/mol. The molecule has 4 nitrogen and oxygen atoms in total. The molecule has 1 unspecified atom stereocenters. The molecule has 0 fully saturated rings. The zero-order chi connectivity index (χ0) is 24.3. The molecule has 1 atom stereocenters. The zero-order valence-corrected chi connectivity index (χ0v) is 20.9. The third kappa shape index (κ3) is 7.77. The molecular weight excluding hydrogens is 401 g/mol. The smallest absolute Gasteiger partial charge is 0.265 e. The van der Waals surface area contributed by atoms with E-state index in [9.17, 15) is 9.18 Å². The van der Waals surface area contributed by atoms with Crippen molar-refractivity contribution in [2.45, 2.75) is 73.3 Å². The molecule has 0 aliphatic carbocycles. The number of allylic oxidation sites excluding steroid dienone is 4. The van der Waals surface area contributed by atoms with Gasteiger partial charge in [-0.05, 0) is 63.3 Å². The van der Waals surface area contributed by atoms with Crippen molar-refractivity contribution in [3.63, 3.8) is 0 Å². The monoisotopic (exact) mass is 441 g/mol. The Morgan fingerprint density at radius 2 is 1.97 bits per heavy atom. The van der Waals surface area contributed by atoms with E-state index in [2.05, 4.69) is 39.3 Å². The van der Waals surface area contributed by atoms with Gasteiger partial charge in [-0.1, -0.05) is 52.0 Å². The summed E-state index contributed by atoms with van der Waals surface area (Å²) >= 11 is 0. The molecule has 0 aromatic heterocycles. The van der Waals surface area contributed by atoms with E-state index in [1.165, 1.54) is 12.3 Å². The Morgan fingerprint density at radius 1 is 1.28 bits per heavy atom. The van der Waals surface area contributed by atoms with E-state index < -0.39 is 0 Å². The minimum atomic E-state index is -0.322. The van der Waals surface area contributed by atoms with Crippen LogP contribution in [0, 0.1) is 12.7 Å². The summed E-state index contributed by atoms with van der Waals surface area (Å²) in [4.78, 5) is 21.3. The number of nitrogens with zero attached hydrogens (tertiary/aromatic N) is 3. The lowest BCUT2D eigenvalue weighted by Gasteiger charge is -2.27. The Balaban J connectivity index is 3.33. The minimum Gasteiger partial charge on any atom is -0.335 e. The molecule has 1 aromatic carbocycles. The van der Waals surface area contributed by atoms with Crippen LogP contribution in [0.3, 0.4) is 0 Å². The summed E-state index contributed by atoms with van der Waals surface area (Å²) < 4.78 is 14.5. The SMILES string of the molecule is C=C(/C=C(/N=C/C(=O)N(CCCC)C(C)CC)N(C)/C(=C\C)CC)c1ccc(C)cc1F. The predicted octanol–water partition coefficient (Wildman–Crippen LogP) is 6.73. The van der Waals surface area contributed by atoms with Gasteiger partial charge < -0.3 is 9.80 Å². The molecule has 32 heavy (non-hydrogen) atoms. The topological polar surface area (TPSA) is 35.9 Å². The largest absolute Gasteiger partial charge is 0.335 e. The summed E-state index contributed by atoms with van der Waals surface area (Å²) in [7, 11) is 1.90. The van der Waals surface area contributed by atoms with Gasteiger partial charge in [-0.3, -0.25) is 4.79 Å². The third-order valence-corrected chi connectivity index (χ3v) is 5.71. The standard InChI is InChI=1S/C27H40FN3O/c1-9-13-16-31(22(7)10-2)27(32)19-29-26(30(8)23(11-3)12-4)18-21(6)24-15-14-20(5)17-25(24)28/h11,14-15,17-19,22H,6,9-10,12-13,16H2,1-5,7-8H3/b23-11-,26-18-,29-19+. The number of benzene rings is 1. The Kier molecular flexibility index (Phi) is 11.7. The first-order valence-electron chi connectivity index (χ1n) is 11.6. The van der Waals surface area contributed by atoms with Crippen molar-refractivity contribution < 1.29 is 9.18 Å². The van der Waals surface area contributed by atoms with Gasteiger partial charge >= 0.3 is 0 Å². The third-order valence-electron chi connectivity index (χ3n) is 5.71. The number of halogens is 1. The highest BCUT2D eigenvalue weighted by molar-refractivity contribution is 6.26. The second kappa shape index (κ2) is 13.7. The fourth-order valence-corrected chi connectivity index (χ4v) is 3.41. The lowest BCUT2D eigenvalue weighted by molar-refractivity contribution is -0.125. The number of hydrogen-bond donors (Lipinski definition) is 0. The summed E-state index contributed by atoms with van der Waals surface area (Å²) in [6.07, 6.45) is 8.78.